The molecule has 2 aliphatic rings. The molecule has 1 aromatic carbocycles. The molecule has 0 aliphatic carbocycles. The average molecular weight is 318 g/mol. The molecule has 2 fully saturated rings. The van der Waals surface area contributed by atoms with Gasteiger partial charge in [0, 0.05) is 18.0 Å². The third-order valence-corrected chi connectivity index (χ3v) is 4.55. The van der Waals surface area contributed by atoms with Crippen LogP contribution in [0, 0.1) is 5.41 Å². The number of carbonyl (C=O) groups excluding carboxylic acids is 2. The third-order valence-electron chi connectivity index (χ3n) is 4.55. The minimum Gasteiger partial charge on any atom is -0.379 e. The Morgan fingerprint density at radius 1 is 1.17 bits per heavy atom. The molecule has 2 amide bonds. The summed E-state index contributed by atoms with van der Waals surface area (Å²) in [6.45, 7) is 3.59. The van der Waals surface area contributed by atoms with Crippen molar-refractivity contribution in [3.05, 3.63) is 24.3 Å². The molecule has 1 atom stereocenters. The molecule has 2 saturated heterocycles. The molecule has 0 radical (unpaired) electrons. The number of hydrogen-bond acceptors (Lipinski definition) is 4. The Balaban J connectivity index is 1.56. The summed E-state index contributed by atoms with van der Waals surface area (Å²) in [7, 11) is 0. The third kappa shape index (κ3) is 3.38. The lowest BCUT2D eigenvalue weighted by molar-refractivity contribution is -0.156. The molecule has 0 bridgehead atoms. The van der Waals surface area contributed by atoms with Crippen molar-refractivity contribution in [1.29, 1.82) is 0 Å². The minimum absolute atomic E-state index is 0.0117. The van der Waals surface area contributed by atoms with Crippen LogP contribution in [0.15, 0.2) is 24.3 Å². The molecule has 6 heteroatoms. The van der Waals surface area contributed by atoms with Crippen LogP contribution in [-0.4, -0.2) is 37.7 Å². The number of amides is 2. The summed E-state index contributed by atoms with van der Waals surface area (Å²) in [4.78, 5) is 24.3. The number of carbonyl (C=O) groups is 2. The summed E-state index contributed by atoms with van der Waals surface area (Å²) in [5.41, 5.74) is 1.01. The van der Waals surface area contributed by atoms with E-state index in [-0.39, 0.29) is 17.9 Å². The van der Waals surface area contributed by atoms with Crippen molar-refractivity contribution in [3.63, 3.8) is 0 Å². The smallest absolute Gasteiger partial charge is 0.253 e. The molecular weight excluding hydrogens is 296 g/mol. The van der Waals surface area contributed by atoms with Gasteiger partial charge in [-0.3, -0.25) is 9.59 Å². The zero-order valence-corrected chi connectivity index (χ0v) is 13.3. The zero-order chi connectivity index (χ0) is 16.3. The normalized spacial score (nSPS) is 22.2. The molecule has 23 heavy (non-hydrogen) atoms. The second kappa shape index (κ2) is 6.68. The maximum atomic E-state index is 12.3. The van der Waals surface area contributed by atoms with Gasteiger partial charge in [0.15, 0.2) is 0 Å². The van der Waals surface area contributed by atoms with Crippen molar-refractivity contribution >= 4 is 23.2 Å². The average Bonchev–Trinajstić information content (AvgIpc) is 3.03. The van der Waals surface area contributed by atoms with Gasteiger partial charge in [-0.25, -0.2) is 0 Å². The highest BCUT2D eigenvalue weighted by molar-refractivity contribution is 5.97. The first kappa shape index (κ1) is 16.0. The van der Waals surface area contributed by atoms with Crippen molar-refractivity contribution in [3.8, 4) is 0 Å². The monoisotopic (exact) mass is 318 g/mol. The van der Waals surface area contributed by atoms with Crippen LogP contribution >= 0.6 is 0 Å². The lowest BCUT2D eigenvalue weighted by Crippen LogP contribution is -2.51. The van der Waals surface area contributed by atoms with E-state index < -0.39 is 5.41 Å². The standard InChI is InChI=1S/C17H22N2O4/c1-2-17(10-22-11-17)16(21)19-13-7-5-12(6-8-13)18-15(20)14-4-3-9-23-14/h5-8,14H,2-4,9-11H2,1H3,(H,18,20)(H,19,21). The molecule has 1 aromatic rings. The van der Waals surface area contributed by atoms with Crippen LogP contribution in [0.5, 0.6) is 0 Å². The second-order valence-electron chi connectivity index (χ2n) is 6.15. The summed E-state index contributed by atoms with van der Waals surface area (Å²) in [5, 5.41) is 5.75. The molecule has 1 unspecified atom stereocenters. The van der Waals surface area contributed by atoms with E-state index in [4.69, 9.17) is 9.47 Å². The van der Waals surface area contributed by atoms with Crippen LogP contribution in [0.1, 0.15) is 26.2 Å². The number of rotatable bonds is 5. The first-order chi connectivity index (χ1) is 11.1. The number of hydrogen-bond donors (Lipinski definition) is 2. The number of ether oxygens (including phenoxy) is 2. The molecule has 3 rings (SSSR count). The fourth-order valence-corrected chi connectivity index (χ4v) is 2.75. The Bertz CT molecular complexity index is 569. The van der Waals surface area contributed by atoms with Gasteiger partial charge in [0.05, 0.1) is 18.6 Å². The fourth-order valence-electron chi connectivity index (χ4n) is 2.75. The predicted molar refractivity (Wildman–Crippen MR) is 86.2 cm³/mol. The molecule has 2 N–H and O–H groups in total. The number of benzene rings is 1. The van der Waals surface area contributed by atoms with Crippen LogP contribution in [0.25, 0.3) is 0 Å². The summed E-state index contributed by atoms with van der Waals surface area (Å²) in [5.74, 6) is -0.127. The summed E-state index contributed by atoms with van der Waals surface area (Å²) in [6, 6.07) is 7.12. The van der Waals surface area contributed by atoms with E-state index in [0.717, 1.165) is 19.3 Å². The molecule has 124 valence electrons. The quantitative estimate of drug-likeness (QED) is 0.872. The first-order valence-electron chi connectivity index (χ1n) is 8.05. The van der Waals surface area contributed by atoms with Crippen molar-refractivity contribution in [1.82, 2.24) is 0 Å². The second-order valence-corrected chi connectivity index (χ2v) is 6.15. The molecule has 2 heterocycles. The molecular formula is C17H22N2O4. The lowest BCUT2D eigenvalue weighted by atomic mass is 9.82. The Morgan fingerprint density at radius 3 is 2.30 bits per heavy atom. The van der Waals surface area contributed by atoms with Crippen LogP contribution in [0.3, 0.4) is 0 Å². The van der Waals surface area contributed by atoms with Crippen molar-refractivity contribution in [2.45, 2.75) is 32.3 Å². The predicted octanol–water partition coefficient (Wildman–Crippen LogP) is 2.17. The Labute approximate surface area is 135 Å². The van der Waals surface area contributed by atoms with E-state index in [9.17, 15) is 9.59 Å². The summed E-state index contributed by atoms with van der Waals surface area (Å²) < 4.78 is 10.5. The molecule has 0 aromatic heterocycles. The van der Waals surface area contributed by atoms with Crippen molar-refractivity contribution in [2.75, 3.05) is 30.5 Å². The largest absolute Gasteiger partial charge is 0.379 e. The lowest BCUT2D eigenvalue weighted by Gasteiger charge is -2.38. The SMILES string of the molecule is CCC1(C(=O)Nc2ccc(NC(=O)C3CCCO3)cc2)COC1. The van der Waals surface area contributed by atoms with E-state index in [1.165, 1.54) is 0 Å². The molecule has 0 saturated carbocycles. The minimum atomic E-state index is -0.396. The van der Waals surface area contributed by atoms with Crippen LogP contribution < -0.4 is 10.6 Å². The summed E-state index contributed by atoms with van der Waals surface area (Å²) >= 11 is 0. The van der Waals surface area contributed by atoms with E-state index in [0.29, 0.717) is 31.2 Å². The van der Waals surface area contributed by atoms with Gasteiger partial charge in [-0.2, -0.15) is 0 Å². The van der Waals surface area contributed by atoms with E-state index in [2.05, 4.69) is 10.6 Å². The van der Waals surface area contributed by atoms with Gasteiger partial charge in [-0.15, -0.1) is 0 Å². The Morgan fingerprint density at radius 2 is 1.83 bits per heavy atom. The number of nitrogens with one attached hydrogen (secondary N) is 2. The Kier molecular flexibility index (Phi) is 4.63. The van der Waals surface area contributed by atoms with Crippen LogP contribution in [0.4, 0.5) is 11.4 Å². The van der Waals surface area contributed by atoms with Gasteiger partial charge in [-0.1, -0.05) is 6.92 Å². The van der Waals surface area contributed by atoms with Crippen molar-refractivity contribution < 1.29 is 19.1 Å². The van der Waals surface area contributed by atoms with Crippen LogP contribution in [0.2, 0.25) is 0 Å². The van der Waals surface area contributed by atoms with Gasteiger partial charge >= 0.3 is 0 Å². The topological polar surface area (TPSA) is 76.7 Å². The maximum absolute atomic E-state index is 12.3. The number of anilines is 2. The van der Waals surface area contributed by atoms with Gasteiger partial charge < -0.3 is 20.1 Å². The highest BCUT2D eigenvalue weighted by Crippen LogP contribution is 2.32. The van der Waals surface area contributed by atoms with E-state index in [1.54, 1.807) is 24.3 Å². The highest BCUT2D eigenvalue weighted by atomic mass is 16.5. The van der Waals surface area contributed by atoms with Gasteiger partial charge in [0.2, 0.25) is 5.91 Å². The van der Waals surface area contributed by atoms with E-state index >= 15 is 0 Å². The summed E-state index contributed by atoms with van der Waals surface area (Å²) in [6.07, 6.45) is 2.10. The van der Waals surface area contributed by atoms with E-state index in [1.807, 2.05) is 6.92 Å². The molecule has 0 spiro atoms. The Hall–Kier alpha value is -1.92. The van der Waals surface area contributed by atoms with Crippen molar-refractivity contribution in [2.24, 2.45) is 5.41 Å². The first-order valence-corrected chi connectivity index (χ1v) is 8.05. The molecule has 2 aliphatic heterocycles. The van der Waals surface area contributed by atoms with Gasteiger partial charge in [-0.05, 0) is 43.5 Å². The molecule has 6 nitrogen and oxygen atoms in total. The van der Waals surface area contributed by atoms with Gasteiger partial charge in [0.25, 0.3) is 5.91 Å². The van der Waals surface area contributed by atoms with Crippen LogP contribution in [-0.2, 0) is 19.1 Å². The maximum Gasteiger partial charge on any atom is 0.253 e. The van der Waals surface area contributed by atoms with Gasteiger partial charge in [0.1, 0.15) is 6.10 Å². The highest BCUT2D eigenvalue weighted by Gasteiger charge is 2.44. The fraction of sp³-hybridized carbons (Fsp3) is 0.529. The zero-order valence-electron chi connectivity index (χ0n) is 13.3.